The van der Waals surface area contributed by atoms with Crippen molar-refractivity contribution in [1.82, 2.24) is 9.97 Å². The summed E-state index contributed by atoms with van der Waals surface area (Å²) in [6.07, 6.45) is 3.88. The van der Waals surface area contributed by atoms with Gasteiger partial charge in [0, 0.05) is 11.6 Å². The summed E-state index contributed by atoms with van der Waals surface area (Å²) in [6.45, 7) is 2.46. The number of aryl methyl sites for hydroxylation is 2. The SMILES string of the molecule is Cc1cccc(-c2cnc(C(=O)C3CCc4cc(OCc5ccccc5)ccc4C3)o2)n1. The highest BCUT2D eigenvalue weighted by molar-refractivity contribution is 5.94. The van der Waals surface area contributed by atoms with E-state index in [2.05, 4.69) is 34.2 Å². The van der Waals surface area contributed by atoms with Crippen molar-refractivity contribution in [1.29, 1.82) is 0 Å². The van der Waals surface area contributed by atoms with Crippen LogP contribution in [0.4, 0.5) is 0 Å². The van der Waals surface area contributed by atoms with E-state index in [1.54, 1.807) is 6.20 Å². The highest BCUT2D eigenvalue weighted by Gasteiger charge is 2.29. The molecule has 32 heavy (non-hydrogen) atoms. The normalized spacial score (nSPS) is 15.2. The molecular weight excluding hydrogens is 400 g/mol. The van der Waals surface area contributed by atoms with Gasteiger partial charge in [-0.25, -0.2) is 9.97 Å². The van der Waals surface area contributed by atoms with E-state index >= 15 is 0 Å². The van der Waals surface area contributed by atoms with Crippen molar-refractivity contribution in [2.24, 2.45) is 5.92 Å². The van der Waals surface area contributed by atoms with Crippen LogP contribution in [-0.2, 0) is 19.4 Å². The first kappa shape index (κ1) is 20.2. The molecule has 0 spiro atoms. The monoisotopic (exact) mass is 424 g/mol. The van der Waals surface area contributed by atoms with Crippen LogP contribution in [0, 0.1) is 12.8 Å². The average molecular weight is 425 g/mol. The van der Waals surface area contributed by atoms with E-state index in [0.717, 1.165) is 29.8 Å². The highest BCUT2D eigenvalue weighted by Crippen LogP contribution is 2.31. The lowest BCUT2D eigenvalue weighted by Crippen LogP contribution is -2.23. The van der Waals surface area contributed by atoms with Crippen molar-refractivity contribution in [2.75, 3.05) is 0 Å². The summed E-state index contributed by atoms with van der Waals surface area (Å²) in [4.78, 5) is 21.7. The van der Waals surface area contributed by atoms with Crippen LogP contribution in [0.5, 0.6) is 5.75 Å². The summed E-state index contributed by atoms with van der Waals surface area (Å²) >= 11 is 0. The summed E-state index contributed by atoms with van der Waals surface area (Å²) in [5.74, 6) is 1.38. The fourth-order valence-corrected chi connectivity index (χ4v) is 4.15. The maximum atomic E-state index is 13.0. The topological polar surface area (TPSA) is 65.2 Å². The second-order valence-electron chi connectivity index (χ2n) is 8.20. The molecule has 0 saturated heterocycles. The van der Waals surface area contributed by atoms with Crippen LogP contribution in [0.2, 0.25) is 0 Å². The molecular formula is C27H24N2O3. The zero-order valence-electron chi connectivity index (χ0n) is 18.0. The number of oxazole rings is 1. The van der Waals surface area contributed by atoms with E-state index in [-0.39, 0.29) is 17.6 Å². The Labute approximate surface area is 187 Å². The lowest BCUT2D eigenvalue weighted by atomic mass is 9.81. The number of pyridine rings is 1. The number of rotatable bonds is 6. The number of hydrogen-bond acceptors (Lipinski definition) is 5. The molecule has 1 atom stereocenters. The van der Waals surface area contributed by atoms with Crippen LogP contribution in [0.15, 0.2) is 77.3 Å². The van der Waals surface area contributed by atoms with Crippen LogP contribution in [0.25, 0.3) is 11.5 Å². The fraction of sp³-hybridized carbons (Fsp3) is 0.222. The first-order valence-corrected chi connectivity index (χ1v) is 10.9. The Balaban J connectivity index is 1.26. The third kappa shape index (κ3) is 4.33. The van der Waals surface area contributed by atoms with Crippen LogP contribution in [-0.4, -0.2) is 15.8 Å². The minimum Gasteiger partial charge on any atom is -0.489 e. The number of aromatic nitrogens is 2. The number of carbonyl (C=O) groups is 1. The van der Waals surface area contributed by atoms with Crippen molar-refractivity contribution in [3.63, 3.8) is 0 Å². The van der Waals surface area contributed by atoms with E-state index in [9.17, 15) is 4.79 Å². The summed E-state index contributed by atoms with van der Waals surface area (Å²) < 4.78 is 11.7. The molecule has 0 fully saturated rings. The Morgan fingerprint density at radius 3 is 2.78 bits per heavy atom. The van der Waals surface area contributed by atoms with Crippen LogP contribution in [0.1, 0.15) is 39.5 Å². The van der Waals surface area contributed by atoms with Gasteiger partial charge in [-0.3, -0.25) is 4.79 Å². The van der Waals surface area contributed by atoms with E-state index in [1.807, 2.05) is 49.4 Å². The Hall–Kier alpha value is -3.73. The van der Waals surface area contributed by atoms with E-state index < -0.39 is 0 Å². The number of hydrogen-bond donors (Lipinski definition) is 0. The molecule has 0 aliphatic heterocycles. The predicted octanol–water partition coefficient (Wildman–Crippen LogP) is 5.61. The third-order valence-electron chi connectivity index (χ3n) is 5.88. The molecule has 2 aromatic heterocycles. The average Bonchev–Trinajstić information content (AvgIpc) is 3.33. The number of Topliss-reactive ketones (excluding diaryl/α,β-unsaturated/α-hetero) is 1. The first-order chi connectivity index (χ1) is 15.7. The molecule has 2 heterocycles. The molecule has 0 saturated carbocycles. The minimum absolute atomic E-state index is 0.0426. The quantitative estimate of drug-likeness (QED) is 0.376. The van der Waals surface area contributed by atoms with Crippen molar-refractivity contribution in [2.45, 2.75) is 32.8 Å². The standard InChI is InChI=1S/C27H24N2O3/c1-18-6-5-9-24(29-18)25-16-28-27(32-25)26(30)22-11-10-21-15-23(13-12-20(21)14-22)31-17-19-7-3-2-4-8-19/h2-9,12-13,15-16,22H,10-11,14,17H2,1H3. The van der Waals surface area contributed by atoms with Gasteiger partial charge in [0.25, 0.3) is 5.89 Å². The lowest BCUT2D eigenvalue weighted by molar-refractivity contribution is 0.0873. The van der Waals surface area contributed by atoms with Gasteiger partial charge < -0.3 is 9.15 Å². The largest absolute Gasteiger partial charge is 0.489 e. The molecule has 4 aromatic rings. The van der Waals surface area contributed by atoms with E-state index in [1.165, 1.54) is 11.1 Å². The van der Waals surface area contributed by atoms with Crippen LogP contribution < -0.4 is 4.74 Å². The van der Waals surface area contributed by atoms with E-state index in [0.29, 0.717) is 24.5 Å². The molecule has 0 bridgehead atoms. The number of benzene rings is 2. The molecule has 1 aliphatic carbocycles. The van der Waals surface area contributed by atoms with Crippen LogP contribution in [0.3, 0.4) is 0 Å². The second-order valence-corrected chi connectivity index (χ2v) is 8.20. The molecule has 0 radical (unpaired) electrons. The van der Waals surface area contributed by atoms with Gasteiger partial charge in [0.2, 0.25) is 5.78 Å². The van der Waals surface area contributed by atoms with E-state index in [4.69, 9.17) is 9.15 Å². The van der Waals surface area contributed by atoms with Gasteiger partial charge in [0.15, 0.2) is 5.76 Å². The summed E-state index contributed by atoms with van der Waals surface area (Å²) in [6, 6.07) is 22.0. The molecule has 160 valence electrons. The number of ether oxygens (including phenoxy) is 1. The van der Waals surface area contributed by atoms with Gasteiger partial charge in [-0.1, -0.05) is 42.5 Å². The lowest BCUT2D eigenvalue weighted by Gasteiger charge is -2.23. The molecule has 0 amide bonds. The van der Waals surface area contributed by atoms with Gasteiger partial charge in [-0.15, -0.1) is 0 Å². The predicted molar refractivity (Wildman–Crippen MR) is 122 cm³/mol. The maximum Gasteiger partial charge on any atom is 0.264 e. The van der Waals surface area contributed by atoms with Gasteiger partial charge >= 0.3 is 0 Å². The smallest absolute Gasteiger partial charge is 0.264 e. The molecule has 2 aromatic carbocycles. The number of carbonyl (C=O) groups excluding carboxylic acids is 1. The summed E-state index contributed by atoms with van der Waals surface area (Å²) in [7, 11) is 0. The maximum absolute atomic E-state index is 13.0. The summed E-state index contributed by atoms with van der Waals surface area (Å²) in [5, 5.41) is 0. The van der Waals surface area contributed by atoms with Gasteiger partial charge in [0.05, 0.1) is 6.20 Å². The van der Waals surface area contributed by atoms with Crippen LogP contribution >= 0.6 is 0 Å². The Bertz CT molecular complexity index is 1250. The first-order valence-electron chi connectivity index (χ1n) is 10.9. The third-order valence-corrected chi connectivity index (χ3v) is 5.88. The number of nitrogens with zero attached hydrogens (tertiary/aromatic N) is 2. The minimum atomic E-state index is -0.129. The number of fused-ring (bicyclic) bond motifs is 1. The molecule has 5 nitrogen and oxygen atoms in total. The summed E-state index contributed by atoms with van der Waals surface area (Å²) in [5.41, 5.74) is 5.16. The highest BCUT2D eigenvalue weighted by atomic mass is 16.5. The van der Waals surface area contributed by atoms with Gasteiger partial charge in [-0.05, 0) is 67.1 Å². The van der Waals surface area contributed by atoms with Crippen molar-refractivity contribution < 1.29 is 13.9 Å². The Morgan fingerprint density at radius 1 is 1.06 bits per heavy atom. The zero-order valence-corrected chi connectivity index (χ0v) is 18.0. The second kappa shape index (κ2) is 8.79. The molecule has 1 aliphatic rings. The fourth-order valence-electron chi connectivity index (χ4n) is 4.15. The molecule has 1 unspecified atom stereocenters. The van der Waals surface area contributed by atoms with Gasteiger partial charge in [-0.2, -0.15) is 0 Å². The van der Waals surface area contributed by atoms with Crippen molar-refractivity contribution in [3.05, 3.63) is 101 Å². The number of ketones is 1. The van der Waals surface area contributed by atoms with Gasteiger partial charge in [0.1, 0.15) is 18.1 Å². The molecule has 5 heteroatoms. The Morgan fingerprint density at radius 2 is 1.94 bits per heavy atom. The van der Waals surface area contributed by atoms with Crippen molar-refractivity contribution >= 4 is 5.78 Å². The zero-order chi connectivity index (χ0) is 21.9. The van der Waals surface area contributed by atoms with Crippen molar-refractivity contribution in [3.8, 4) is 17.2 Å². The molecule has 0 N–H and O–H groups in total. The Kier molecular flexibility index (Phi) is 5.55. The molecule has 5 rings (SSSR count).